The number of nitrogens with one attached hydrogen (secondary N) is 1. The second kappa shape index (κ2) is 11.9. The van der Waals surface area contributed by atoms with Crippen LogP contribution >= 0.6 is 0 Å². The fourth-order valence-electron chi connectivity index (χ4n) is 4.39. The lowest BCUT2D eigenvalue weighted by molar-refractivity contribution is 0.622. The zero-order valence-corrected chi connectivity index (χ0v) is 24.5. The Balaban J connectivity index is 0.000000236. The van der Waals surface area contributed by atoms with Crippen molar-refractivity contribution in [3.8, 4) is 5.69 Å². The first-order chi connectivity index (χ1) is 18.9. The average Bonchev–Trinajstić information content (AvgIpc) is 3.35. The zero-order valence-electron chi connectivity index (χ0n) is 23.7. The van der Waals surface area contributed by atoms with Gasteiger partial charge in [-0.15, -0.1) is 0 Å². The number of nitrogens with zero attached hydrogens (tertiary/aromatic N) is 5. The zero-order chi connectivity index (χ0) is 29.1. The van der Waals surface area contributed by atoms with Gasteiger partial charge in [0.15, 0.2) is 0 Å². The third-order valence-electron chi connectivity index (χ3n) is 6.61. The van der Waals surface area contributed by atoms with E-state index in [1.54, 1.807) is 41.0 Å². The maximum Gasteiger partial charge on any atom is 0.258 e. The van der Waals surface area contributed by atoms with Crippen molar-refractivity contribution < 1.29 is 8.60 Å². The standard InChI is InChI=1S/C21H23FN2O2S.C9H10N4/c1-12-8-16(17-10-13(2)24(4)21(25)18(17)9-12)14(3)23-19-7-6-15(22)11-20(19)27(5)26;1-7-3-12-13(6-7)9-4-10-8(2)11-5-9/h6-11,14,23H,1-5H3;3-6H,1-2H3/t14-,27?;/m1./s1. The van der Waals surface area contributed by atoms with E-state index >= 15 is 0 Å². The van der Waals surface area contributed by atoms with Gasteiger partial charge in [0.25, 0.3) is 5.56 Å². The summed E-state index contributed by atoms with van der Waals surface area (Å²) in [7, 11) is 0.445. The molecule has 0 fully saturated rings. The van der Waals surface area contributed by atoms with E-state index in [0.29, 0.717) is 16.0 Å². The summed E-state index contributed by atoms with van der Waals surface area (Å²) in [5.41, 5.74) is 5.45. The molecule has 208 valence electrons. The number of fused-ring (bicyclic) bond motifs is 1. The average molecular weight is 561 g/mol. The van der Waals surface area contributed by atoms with Crippen molar-refractivity contribution in [2.45, 2.75) is 45.6 Å². The fourth-order valence-corrected chi connectivity index (χ4v) is 5.11. The predicted octanol–water partition coefficient (Wildman–Crippen LogP) is 5.48. The summed E-state index contributed by atoms with van der Waals surface area (Å²) in [5.74, 6) is 0.353. The number of hydrogen-bond acceptors (Lipinski definition) is 6. The molecule has 0 saturated heterocycles. The van der Waals surface area contributed by atoms with Crippen molar-refractivity contribution in [3.63, 3.8) is 0 Å². The Hall–Kier alpha value is -4.18. The van der Waals surface area contributed by atoms with Crippen molar-refractivity contribution in [2.24, 2.45) is 7.05 Å². The van der Waals surface area contributed by atoms with Gasteiger partial charge in [0, 0.05) is 36.6 Å². The molecule has 5 aromatic rings. The molecule has 2 atom stereocenters. The Kier molecular flexibility index (Phi) is 8.58. The third-order valence-corrected chi connectivity index (χ3v) is 7.57. The Bertz CT molecular complexity index is 1760. The summed E-state index contributed by atoms with van der Waals surface area (Å²) < 4.78 is 28.9. The SMILES string of the molecule is Cc1cc([C@@H](C)Nc2ccc(F)cc2S(C)=O)c2cc(C)n(C)c(=O)c2c1.Cc1cnn(-c2cnc(C)nc2)c1. The second-order valence-corrected chi connectivity index (χ2v) is 11.2. The maximum atomic E-state index is 13.6. The van der Waals surface area contributed by atoms with Gasteiger partial charge in [0.2, 0.25) is 0 Å². The first-order valence-corrected chi connectivity index (χ1v) is 14.3. The molecule has 0 bridgehead atoms. The van der Waals surface area contributed by atoms with E-state index in [-0.39, 0.29) is 11.6 Å². The molecule has 3 aromatic heterocycles. The van der Waals surface area contributed by atoms with Gasteiger partial charge in [0.05, 0.1) is 40.0 Å². The van der Waals surface area contributed by atoms with Gasteiger partial charge in [-0.05, 0) is 87.0 Å². The van der Waals surface area contributed by atoms with E-state index in [2.05, 4.69) is 20.4 Å². The Labute approximate surface area is 235 Å². The highest BCUT2D eigenvalue weighted by molar-refractivity contribution is 7.84. The smallest absolute Gasteiger partial charge is 0.258 e. The van der Waals surface area contributed by atoms with Gasteiger partial charge in [0.1, 0.15) is 17.3 Å². The number of aryl methyl sites for hydroxylation is 4. The molecule has 0 aliphatic rings. The summed E-state index contributed by atoms with van der Waals surface area (Å²) in [6, 6.07) is 10.0. The van der Waals surface area contributed by atoms with E-state index in [0.717, 1.165) is 39.3 Å². The molecule has 0 spiro atoms. The van der Waals surface area contributed by atoms with Crippen LogP contribution in [0.4, 0.5) is 10.1 Å². The largest absolute Gasteiger partial charge is 0.378 e. The number of rotatable bonds is 5. The van der Waals surface area contributed by atoms with Crippen LogP contribution in [0.2, 0.25) is 0 Å². The number of aromatic nitrogens is 5. The van der Waals surface area contributed by atoms with Crippen LogP contribution in [-0.2, 0) is 17.8 Å². The Morgan fingerprint density at radius 1 is 0.950 bits per heavy atom. The maximum absolute atomic E-state index is 13.6. The van der Waals surface area contributed by atoms with Crippen LogP contribution in [0.1, 0.15) is 41.2 Å². The molecule has 0 saturated carbocycles. The van der Waals surface area contributed by atoms with Gasteiger partial charge < -0.3 is 9.88 Å². The lowest BCUT2D eigenvalue weighted by Crippen LogP contribution is -2.20. The van der Waals surface area contributed by atoms with Crippen molar-refractivity contribution in [3.05, 3.63) is 106 Å². The van der Waals surface area contributed by atoms with E-state index in [1.807, 2.05) is 59.0 Å². The van der Waals surface area contributed by atoms with E-state index in [4.69, 9.17) is 0 Å². The molecule has 0 amide bonds. The highest BCUT2D eigenvalue weighted by Crippen LogP contribution is 2.30. The third kappa shape index (κ3) is 6.34. The predicted molar refractivity (Wildman–Crippen MR) is 158 cm³/mol. The van der Waals surface area contributed by atoms with E-state index < -0.39 is 16.6 Å². The summed E-state index contributed by atoms with van der Waals surface area (Å²) >= 11 is 0. The minimum atomic E-state index is -1.32. The molecular formula is C30H33FN6O2S. The van der Waals surface area contributed by atoms with Crippen LogP contribution < -0.4 is 10.9 Å². The Morgan fingerprint density at radius 2 is 1.65 bits per heavy atom. The van der Waals surface area contributed by atoms with Gasteiger partial charge in [-0.3, -0.25) is 9.00 Å². The molecular weight excluding hydrogens is 527 g/mol. The molecule has 1 unspecified atom stereocenters. The monoisotopic (exact) mass is 560 g/mol. The molecule has 0 radical (unpaired) electrons. The first kappa shape index (κ1) is 28.8. The second-order valence-electron chi connectivity index (χ2n) is 9.88. The summed E-state index contributed by atoms with van der Waals surface area (Å²) in [5, 5.41) is 9.05. The minimum Gasteiger partial charge on any atom is -0.378 e. The summed E-state index contributed by atoms with van der Waals surface area (Å²) in [6.07, 6.45) is 8.79. The van der Waals surface area contributed by atoms with Crippen LogP contribution in [0.25, 0.3) is 16.5 Å². The van der Waals surface area contributed by atoms with E-state index in [9.17, 15) is 13.4 Å². The molecule has 10 heteroatoms. The molecule has 5 rings (SSSR count). The first-order valence-electron chi connectivity index (χ1n) is 12.7. The van der Waals surface area contributed by atoms with Crippen LogP contribution in [-0.4, -0.2) is 34.8 Å². The van der Waals surface area contributed by atoms with Crippen LogP contribution in [0.3, 0.4) is 0 Å². The summed E-state index contributed by atoms with van der Waals surface area (Å²) in [6.45, 7) is 9.70. The van der Waals surface area contributed by atoms with Gasteiger partial charge in [-0.2, -0.15) is 5.10 Å². The van der Waals surface area contributed by atoms with Gasteiger partial charge in [-0.1, -0.05) is 6.07 Å². The molecule has 2 aromatic carbocycles. The number of hydrogen-bond donors (Lipinski definition) is 1. The van der Waals surface area contributed by atoms with Crippen LogP contribution in [0.5, 0.6) is 0 Å². The minimum absolute atomic E-state index is 0.0284. The molecule has 0 aliphatic carbocycles. The van der Waals surface area contributed by atoms with E-state index in [1.165, 1.54) is 18.4 Å². The molecule has 0 aliphatic heterocycles. The van der Waals surface area contributed by atoms with Crippen LogP contribution in [0.15, 0.2) is 70.9 Å². The highest BCUT2D eigenvalue weighted by atomic mass is 32.2. The number of benzene rings is 2. The number of pyridine rings is 1. The van der Waals surface area contributed by atoms with Crippen molar-refractivity contribution in [2.75, 3.05) is 11.6 Å². The van der Waals surface area contributed by atoms with Gasteiger partial charge >= 0.3 is 0 Å². The molecule has 8 nitrogen and oxygen atoms in total. The lowest BCUT2D eigenvalue weighted by Gasteiger charge is -2.21. The fraction of sp³-hybridized carbons (Fsp3) is 0.267. The summed E-state index contributed by atoms with van der Waals surface area (Å²) in [4.78, 5) is 21.3. The molecule has 1 N–H and O–H groups in total. The number of anilines is 1. The molecule has 3 heterocycles. The van der Waals surface area contributed by atoms with Crippen LogP contribution in [0, 0.1) is 33.5 Å². The Morgan fingerprint density at radius 3 is 2.27 bits per heavy atom. The van der Waals surface area contributed by atoms with Crippen molar-refractivity contribution >= 4 is 27.3 Å². The van der Waals surface area contributed by atoms with Gasteiger partial charge in [-0.25, -0.2) is 19.0 Å². The van der Waals surface area contributed by atoms with Crippen molar-refractivity contribution in [1.82, 2.24) is 24.3 Å². The topological polar surface area (TPSA) is 94.7 Å². The highest BCUT2D eigenvalue weighted by Gasteiger charge is 2.16. The normalized spacial score (nSPS) is 12.5. The quantitative estimate of drug-likeness (QED) is 0.306. The number of halogens is 1. The lowest BCUT2D eigenvalue weighted by atomic mass is 9.97. The van der Waals surface area contributed by atoms with Crippen molar-refractivity contribution in [1.29, 1.82) is 0 Å². The molecule has 40 heavy (non-hydrogen) atoms.